The lowest BCUT2D eigenvalue weighted by atomic mass is 10.8. The van der Waals surface area contributed by atoms with E-state index in [1.54, 1.807) is 0 Å². The second-order valence-electron chi connectivity index (χ2n) is 1.81. The fourth-order valence-electron chi connectivity index (χ4n) is 0.227. The minimum atomic E-state index is -0.796. The first kappa shape index (κ1) is 8.54. The van der Waals surface area contributed by atoms with Gasteiger partial charge in [0.2, 0.25) is 0 Å². The van der Waals surface area contributed by atoms with Crippen LogP contribution >= 0.6 is 0 Å². The van der Waals surface area contributed by atoms with E-state index in [9.17, 15) is 9.59 Å². The molecule has 4 N–H and O–H groups in total. The van der Waals surface area contributed by atoms with E-state index in [4.69, 9.17) is 0 Å². The number of amides is 4. The van der Waals surface area contributed by atoms with Crippen LogP contribution in [0.1, 0.15) is 0 Å². The van der Waals surface area contributed by atoms with Crippen LogP contribution < -0.4 is 16.6 Å². The molecule has 0 radical (unpaired) electrons. The molecule has 58 valence electrons. The van der Waals surface area contributed by atoms with Crippen molar-refractivity contribution in [2.75, 3.05) is 14.1 Å². The summed E-state index contributed by atoms with van der Waals surface area (Å²) in [7, 11) is 3.08. The van der Waals surface area contributed by atoms with Gasteiger partial charge in [0.1, 0.15) is 0 Å². The Hall–Kier alpha value is -1.46. The maximum atomic E-state index is 10.6. The van der Waals surface area contributed by atoms with Gasteiger partial charge in [-0.25, -0.2) is 20.4 Å². The molecule has 6 heteroatoms. The summed E-state index contributed by atoms with van der Waals surface area (Å²) in [5.41, 5.74) is 8.63. The molecule has 0 aliphatic carbocycles. The highest BCUT2D eigenvalue weighted by atomic mass is 16.2. The monoisotopic (exact) mass is 146 g/mol. The molecule has 0 fully saturated rings. The maximum absolute atomic E-state index is 10.6. The van der Waals surface area contributed by atoms with Crippen LogP contribution in [0.2, 0.25) is 0 Å². The topological polar surface area (TPSA) is 87.5 Å². The Morgan fingerprint density at radius 3 is 2.10 bits per heavy atom. The van der Waals surface area contributed by atoms with Crippen molar-refractivity contribution in [1.82, 2.24) is 15.8 Å². The molecule has 0 heterocycles. The summed E-state index contributed by atoms with van der Waals surface area (Å²) in [6.45, 7) is 0. The molecule has 0 atom stereocenters. The first-order valence-corrected chi connectivity index (χ1v) is 2.56. The Morgan fingerprint density at radius 2 is 1.80 bits per heavy atom. The molecule has 4 amide bonds. The van der Waals surface area contributed by atoms with Gasteiger partial charge in [-0.1, -0.05) is 0 Å². The highest BCUT2D eigenvalue weighted by Crippen LogP contribution is 1.71. The van der Waals surface area contributed by atoms with Crippen LogP contribution in [0.25, 0.3) is 0 Å². The van der Waals surface area contributed by atoms with Gasteiger partial charge in [-0.15, -0.1) is 0 Å². The van der Waals surface area contributed by atoms with Crippen molar-refractivity contribution in [3.8, 4) is 0 Å². The van der Waals surface area contributed by atoms with E-state index in [0.29, 0.717) is 0 Å². The Morgan fingerprint density at radius 1 is 1.30 bits per heavy atom. The van der Waals surface area contributed by atoms with Crippen LogP contribution in [0.5, 0.6) is 0 Å². The van der Waals surface area contributed by atoms with Gasteiger partial charge < -0.3 is 10.6 Å². The number of nitrogens with zero attached hydrogens (tertiary/aromatic N) is 1. The van der Waals surface area contributed by atoms with E-state index in [0.717, 1.165) is 0 Å². The standard InChI is InChI=1S/C4H10N4O2/c1-8(2)4(10)7-6-3(5)9/h1-2H3,(H,7,10)(H3,5,6,9). The third kappa shape index (κ3) is 3.53. The van der Waals surface area contributed by atoms with Gasteiger partial charge in [0.15, 0.2) is 0 Å². The number of hydrazine groups is 1. The van der Waals surface area contributed by atoms with Crippen molar-refractivity contribution in [1.29, 1.82) is 0 Å². The number of primary amides is 1. The SMILES string of the molecule is CN(C)C(=O)NNC(N)=O. The first-order chi connectivity index (χ1) is 4.54. The molecule has 0 unspecified atom stereocenters. The van der Waals surface area contributed by atoms with Gasteiger partial charge in [-0.3, -0.25) is 0 Å². The van der Waals surface area contributed by atoms with Gasteiger partial charge in [0.05, 0.1) is 0 Å². The summed E-state index contributed by atoms with van der Waals surface area (Å²) < 4.78 is 0. The summed E-state index contributed by atoms with van der Waals surface area (Å²) in [5, 5.41) is 0. The minimum absolute atomic E-state index is 0.432. The van der Waals surface area contributed by atoms with E-state index in [-0.39, 0.29) is 0 Å². The molecular formula is C4H10N4O2. The first-order valence-electron chi connectivity index (χ1n) is 2.56. The highest BCUT2D eigenvalue weighted by molar-refractivity contribution is 5.78. The third-order valence-electron chi connectivity index (χ3n) is 0.699. The number of nitrogens with two attached hydrogens (primary N) is 1. The number of rotatable bonds is 0. The molecule has 0 saturated carbocycles. The molecule has 0 aliphatic rings. The van der Waals surface area contributed by atoms with E-state index < -0.39 is 12.1 Å². The maximum Gasteiger partial charge on any atom is 0.335 e. The van der Waals surface area contributed by atoms with Crippen LogP contribution in [0.3, 0.4) is 0 Å². The number of urea groups is 2. The molecule has 0 rings (SSSR count). The van der Waals surface area contributed by atoms with Gasteiger partial charge in [-0.2, -0.15) is 0 Å². The summed E-state index contributed by atoms with van der Waals surface area (Å²) in [6.07, 6.45) is 0. The molecule has 0 bridgehead atoms. The van der Waals surface area contributed by atoms with Crippen LogP contribution in [0.15, 0.2) is 0 Å². The zero-order valence-electron chi connectivity index (χ0n) is 5.84. The van der Waals surface area contributed by atoms with Gasteiger partial charge in [0.25, 0.3) is 0 Å². The predicted octanol–water partition coefficient (Wildman–Crippen LogP) is -1.16. The van der Waals surface area contributed by atoms with E-state index in [2.05, 4.69) is 5.73 Å². The molecule has 6 nitrogen and oxygen atoms in total. The Bertz CT molecular complexity index is 144. The largest absolute Gasteiger partial charge is 0.350 e. The Balaban J connectivity index is 3.50. The summed E-state index contributed by atoms with van der Waals surface area (Å²) in [5.74, 6) is 0. The van der Waals surface area contributed by atoms with E-state index in [1.165, 1.54) is 19.0 Å². The summed E-state index contributed by atoms with van der Waals surface area (Å²) >= 11 is 0. The van der Waals surface area contributed by atoms with Gasteiger partial charge >= 0.3 is 12.1 Å². The Labute approximate surface area is 58.3 Å². The van der Waals surface area contributed by atoms with Crippen molar-refractivity contribution < 1.29 is 9.59 Å². The molecule has 0 spiro atoms. The zero-order chi connectivity index (χ0) is 8.15. The van der Waals surface area contributed by atoms with Crippen molar-refractivity contribution in [2.24, 2.45) is 5.73 Å². The van der Waals surface area contributed by atoms with Crippen molar-refractivity contribution in [2.45, 2.75) is 0 Å². The average molecular weight is 146 g/mol. The second-order valence-corrected chi connectivity index (χ2v) is 1.81. The molecule has 10 heavy (non-hydrogen) atoms. The number of hydrogen-bond donors (Lipinski definition) is 3. The van der Waals surface area contributed by atoms with Crippen molar-refractivity contribution in [3.05, 3.63) is 0 Å². The summed E-state index contributed by atoms with van der Waals surface area (Å²) in [4.78, 5) is 21.9. The molecule has 0 aromatic carbocycles. The molecule has 0 saturated heterocycles. The van der Waals surface area contributed by atoms with Crippen LogP contribution in [-0.4, -0.2) is 31.1 Å². The quantitative estimate of drug-likeness (QED) is 0.376. The third-order valence-corrected chi connectivity index (χ3v) is 0.699. The molecule has 0 aromatic heterocycles. The fourth-order valence-corrected chi connectivity index (χ4v) is 0.227. The number of carbonyl (C=O) groups excluding carboxylic acids is 2. The van der Waals surface area contributed by atoms with E-state index >= 15 is 0 Å². The lowest BCUT2D eigenvalue weighted by molar-refractivity contribution is 0.209. The van der Waals surface area contributed by atoms with E-state index in [1.807, 2.05) is 10.9 Å². The van der Waals surface area contributed by atoms with Crippen LogP contribution in [0.4, 0.5) is 9.59 Å². The number of hydrogen-bond acceptors (Lipinski definition) is 2. The van der Waals surface area contributed by atoms with Gasteiger partial charge in [-0.05, 0) is 0 Å². The van der Waals surface area contributed by atoms with Gasteiger partial charge in [0, 0.05) is 14.1 Å². The highest BCUT2D eigenvalue weighted by Gasteiger charge is 2.00. The zero-order valence-corrected chi connectivity index (χ0v) is 5.84. The normalized spacial score (nSPS) is 8.20. The fraction of sp³-hybridized carbons (Fsp3) is 0.500. The van der Waals surface area contributed by atoms with Crippen molar-refractivity contribution >= 4 is 12.1 Å². The van der Waals surface area contributed by atoms with Crippen molar-refractivity contribution in [3.63, 3.8) is 0 Å². The minimum Gasteiger partial charge on any atom is -0.350 e. The van der Waals surface area contributed by atoms with Crippen LogP contribution in [-0.2, 0) is 0 Å². The number of nitrogens with one attached hydrogen (secondary N) is 2. The Kier molecular flexibility index (Phi) is 3.03. The molecule has 0 aromatic rings. The lowest BCUT2D eigenvalue weighted by Crippen LogP contribution is -2.48. The summed E-state index contributed by atoms with van der Waals surface area (Å²) in [6, 6.07) is -1.23. The molecular weight excluding hydrogens is 136 g/mol. The molecule has 0 aliphatic heterocycles. The predicted molar refractivity (Wildman–Crippen MR) is 34.9 cm³/mol. The lowest BCUT2D eigenvalue weighted by Gasteiger charge is -2.10. The number of carbonyl (C=O) groups is 2. The average Bonchev–Trinajstić information content (AvgIpc) is 1.82. The smallest absolute Gasteiger partial charge is 0.335 e. The second kappa shape index (κ2) is 3.54. The van der Waals surface area contributed by atoms with Crippen LogP contribution in [0, 0.1) is 0 Å².